The van der Waals surface area contributed by atoms with Crippen molar-refractivity contribution in [2.45, 2.75) is 53.6 Å². The first-order valence-corrected chi connectivity index (χ1v) is 9.37. The number of benzene rings is 1. The van der Waals surface area contributed by atoms with Crippen molar-refractivity contribution < 1.29 is 14.2 Å². The molecule has 144 valence electrons. The normalized spacial score (nSPS) is 13.8. The van der Waals surface area contributed by atoms with Gasteiger partial charge in [-0.25, -0.2) is 0 Å². The first kappa shape index (κ1) is 22.1. The van der Waals surface area contributed by atoms with Gasteiger partial charge in [-0.3, -0.25) is 0 Å². The molecule has 1 atom stereocenters. The van der Waals surface area contributed by atoms with Crippen LogP contribution in [0.25, 0.3) is 0 Å². The first-order valence-electron chi connectivity index (χ1n) is 9.37. The van der Waals surface area contributed by atoms with Gasteiger partial charge in [0.25, 0.3) is 0 Å². The van der Waals surface area contributed by atoms with Crippen LogP contribution in [0.15, 0.2) is 30.3 Å². The molecule has 0 heterocycles. The minimum Gasteiger partial charge on any atom is -0.384 e. The molecule has 0 aromatic heterocycles. The minimum atomic E-state index is 0.168. The Kier molecular flexibility index (Phi) is 9.70. The summed E-state index contributed by atoms with van der Waals surface area (Å²) in [6.45, 7) is 12.2. The summed E-state index contributed by atoms with van der Waals surface area (Å²) in [5.41, 5.74) is 1.61. The fraction of sp³-hybridized carbons (Fsp3) is 0.727. The molecule has 1 unspecified atom stereocenters. The third kappa shape index (κ3) is 9.98. The van der Waals surface area contributed by atoms with E-state index in [2.05, 4.69) is 52.0 Å². The average Bonchev–Trinajstić information content (AvgIpc) is 2.53. The van der Waals surface area contributed by atoms with E-state index in [1.165, 1.54) is 5.56 Å². The molecule has 0 spiro atoms. The van der Waals surface area contributed by atoms with Gasteiger partial charge in [0.1, 0.15) is 0 Å². The van der Waals surface area contributed by atoms with Crippen LogP contribution in [-0.2, 0) is 20.8 Å². The second kappa shape index (κ2) is 10.9. The first-order chi connectivity index (χ1) is 11.8. The second-order valence-electron chi connectivity index (χ2n) is 8.80. The molecule has 0 aliphatic rings. The number of methoxy groups -OCH3 is 2. The highest BCUT2D eigenvalue weighted by Gasteiger charge is 2.26. The van der Waals surface area contributed by atoms with E-state index in [0.717, 1.165) is 39.1 Å². The molecule has 1 rings (SSSR count). The minimum absolute atomic E-state index is 0.168. The van der Waals surface area contributed by atoms with E-state index in [4.69, 9.17) is 14.2 Å². The lowest BCUT2D eigenvalue weighted by Gasteiger charge is -2.31. The van der Waals surface area contributed by atoms with Crippen LogP contribution >= 0.6 is 0 Å². The lowest BCUT2D eigenvalue weighted by atomic mass is 9.78. The van der Waals surface area contributed by atoms with E-state index < -0.39 is 0 Å². The van der Waals surface area contributed by atoms with E-state index in [0.29, 0.717) is 12.5 Å². The van der Waals surface area contributed by atoms with E-state index in [1.807, 2.05) is 6.07 Å². The van der Waals surface area contributed by atoms with Crippen LogP contribution in [-0.4, -0.2) is 34.0 Å². The summed E-state index contributed by atoms with van der Waals surface area (Å²) in [7, 11) is 3.56. The molecule has 0 aliphatic carbocycles. The Bertz CT molecular complexity index is 454. The van der Waals surface area contributed by atoms with E-state index >= 15 is 0 Å². The molecule has 0 saturated heterocycles. The maximum atomic E-state index is 6.06. The fourth-order valence-electron chi connectivity index (χ4n) is 3.45. The molecule has 0 radical (unpaired) electrons. The van der Waals surface area contributed by atoms with Gasteiger partial charge in [0, 0.05) is 20.8 Å². The molecular weight excluding hydrogens is 312 g/mol. The Morgan fingerprint density at radius 2 is 1.48 bits per heavy atom. The standard InChI is InChI=1S/C22H38O3/c1-21(2,17-23-5)13-12-20(14-22(3,4)18-24-6)16-25-15-19-10-8-7-9-11-19/h7-11,20H,12-18H2,1-6H3. The smallest absolute Gasteiger partial charge is 0.0717 e. The summed E-state index contributed by atoms with van der Waals surface area (Å²) in [4.78, 5) is 0. The van der Waals surface area contributed by atoms with Gasteiger partial charge in [0.05, 0.1) is 19.8 Å². The molecule has 3 heteroatoms. The Morgan fingerprint density at radius 1 is 0.880 bits per heavy atom. The van der Waals surface area contributed by atoms with Crippen molar-refractivity contribution in [2.75, 3.05) is 34.0 Å². The zero-order valence-corrected chi connectivity index (χ0v) is 17.1. The largest absolute Gasteiger partial charge is 0.384 e. The highest BCUT2D eigenvalue weighted by atomic mass is 16.5. The third-order valence-corrected chi connectivity index (χ3v) is 4.61. The van der Waals surface area contributed by atoms with Crippen molar-refractivity contribution in [1.29, 1.82) is 0 Å². The van der Waals surface area contributed by atoms with Crippen molar-refractivity contribution >= 4 is 0 Å². The van der Waals surface area contributed by atoms with Crippen molar-refractivity contribution in [3.05, 3.63) is 35.9 Å². The zero-order chi connectivity index (χ0) is 18.8. The number of ether oxygens (including phenoxy) is 3. The van der Waals surface area contributed by atoms with Crippen molar-refractivity contribution in [3.63, 3.8) is 0 Å². The van der Waals surface area contributed by atoms with Crippen molar-refractivity contribution in [1.82, 2.24) is 0 Å². The summed E-state index contributed by atoms with van der Waals surface area (Å²) in [5, 5.41) is 0. The third-order valence-electron chi connectivity index (χ3n) is 4.61. The molecule has 0 bridgehead atoms. The Balaban J connectivity index is 2.57. The number of rotatable bonds is 13. The Labute approximate surface area is 155 Å². The molecule has 0 N–H and O–H groups in total. The van der Waals surface area contributed by atoms with E-state index in [1.54, 1.807) is 14.2 Å². The molecular formula is C22H38O3. The van der Waals surface area contributed by atoms with Crippen LogP contribution in [0, 0.1) is 16.7 Å². The summed E-state index contributed by atoms with van der Waals surface area (Å²) < 4.78 is 16.8. The van der Waals surface area contributed by atoms with Gasteiger partial charge < -0.3 is 14.2 Å². The molecule has 0 fully saturated rings. The molecule has 1 aromatic rings. The van der Waals surface area contributed by atoms with Gasteiger partial charge in [-0.05, 0) is 41.6 Å². The Hall–Kier alpha value is -0.900. The maximum Gasteiger partial charge on any atom is 0.0717 e. The number of hydrogen-bond donors (Lipinski definition) is 0. The van der Waals surface area contributed by atoms with Gasteiger partial charge in [-0.2, -0.15) is 0 Å². The lowest BCUT2D eigenvalue weighted by Crippen LogP contribution is -2.27. The van der Waals surface area contributed by atoms with Crippen LogP contribution in [0.5, 0.6) is 0 Å². The Morgan fingerprint density at radius 3 is 2.08 bits per heavy atom. The van der Waals surface area contributed by atoms with Gasteiger partial charge in [0.2, 0.25) is 0 Å². The molecule has 1 aromatic carbocycles. The van der Waals surface area contributed by atoms with E-state index in [-0.39, 0.29) is 10.8 Å². The monoisotopic (exact) mass is 350 g/mol. The summed E-state index contributed by atoms with van der Waals surface area (Å²) in [6.07, 6.45) is 3.40. The SMILES string of the molecule is COCC(C)(C)CCC(COCc1ccccc1)CC(C)(C)COC. The van der Waals surface area contributed by atoms with Crippen LogP contribution in [0.2, 0.25) is 0 Å². The van der Waals surface area contributed by atoms with Crippen molar-refractivity contribution in [3.8, 4) is 0 Å². The topological polar surface area (TPSA) is 27.7 Å². The van der Waals surface area contributed by atoms with Crippen LogP contribution in [0.1, 0.15) is 52.5 Å². The maximum absolute atomic E-state index is 6.06. The van der Waals surface area contributed by atoms with Gasteiger partial charge >= 0.3 is 0 Å². The molecule has 25 heavy (non-hydrogen) atoms. The molecule has 0 amide bonds. The molecule has 0 saturated carbocycles. The van der Waals surface area contributed by atoms with Gasteiger partial charge in [-0.15, -0.1) is 0 Å². The average molecular weight is 351 g/mol. The van der Waals surface area contributed by atoms with Crippen LogP contribution < -0.4 is 0 Å². The van der Waals surface area contributed by atoms with E-state index in [9.17, 15) is 0 Å². The fourth-order valence-corrected chi connectivity index (χ4v) is 3.45. The highest BCUT2D eigenvalue weighted by molar-refractivity contribution is 5.13. The van der Waals surface area contributed by atoms with Crippen LogP contribution in [0.3, 0.4) is 0 Å². The van der Waals surface area contributed by atoms with Crippen LogP contribution in [0.4, 0.5) is 0 Å². The van der Waals surface area contributed by atoms with Crippen molar-refractivity contribution in [2.24, 2.45) is 16.7 Å². The zero-order valence-electron chi connectivity index (χ0n) is 17.1. The highest BCUT2D eigenvalue weighted by Crippen LogP contribution is 2.32. The summed E-state index contributed by atoms with van der Waals surface area (Å²) >= 11 is 0. The number of hydrogen-bond acceptors (Lipinski definition) is 3. The summed E-state index contributed by atoms with van der Waals surface area (Å²) in [6, 6.07) is 10.4. The van der Waals surface area contributed by atoms with Gasteiger partial charge in [0.15, 0.2) is 0 Å². The predicted octanol–water partition coefficient (Wildman–Crippen LogP) is 5.33. The quantitative estimate of drug-likeness (QED) is 0.481. The predicted molar refractivity (Wildman–Crippen MR) is 105 cm³/mol. The summed E-state index contributed by atoms with van der Waals surface area (Å²) in [5.74, 6) is 0.532. The molecule has 3 nitrogen and oxygen atoms in total. The van der Waals surface area contributed by atoms with Gasteiger partial charge in [-0.1, -0.05) is 58.0 Å². The second-order valence-corrected chi connectivity index (χ2v) is 8.80. The molecule has 0 aliphatic heterocycles. The lowest BCUT2D eigenvalue weighted by molar-refractivity contribution is 0.0314.